The van der Waals surface area contributed by atoms with Gasteiger partial charge in [0.05, 0.1) is 12.7 Å². The molecule has 43 heavy (non-hydrogen) atoms. The van der Waals surface area contributed by atoms with Crippen molar-refractivity contribution in [3.63, 3.8) is 0 Å². The third kappa shape index (κ3) is 21.7. The van der Waals surface area contributed by atoms with Gasteiger partial charge in [-0.25, -0.2) is 0 Å². The minimum Gasteiger partial charge on any atom is -0.418 e. The molecule has 4 nitrogen and oxygen atoms in total. The van der Waals surface area contributed by atoms with Crippen molar-refractivity contribution in [1.82, 2.24) is 0 Å². The van der Waals surface area contributed by atoms with Gasteiger partial charge in [-0.3, -0.25) is 4.52 Å². The Bertz CT molecular complexity index is 793. The summed E-state index contributed by atoms with van der Waals surface area (Å²) in [5, 5.41) is 0. The third-order valence-electron chi connectivity index (χ3n) is 7.94. The van der Waals surface area contributed by atoms with Crippen molar-refractivity contribution >= 4 is 8.60 Å². The van der Waals surface area contributed by atoms with Crippen LogP contribution in [0.3, 0.4) is 0 Å². The third-order valence-corrected chi connectivity index (χ3v) is 9.02. The van der Waals surface area contributed by atoms with Crippen molar-refractivity contribution in [2.45, 2.75) is 155 Å². The van der Waals surface area contributed by atoms with Gasteiger partial charge in [0.1, 0.15) is 11.5 Å². The van der Waals surface area contributed by atoms with Gasteiger partial charge in [-0.1, -0.05) is 172 Å². The molecule has 2 rings (SSSR count). The maximum absolute atomic E-state index is 6.42. The van der Waals surface area contributed by atoms with E-state index < -0.39 is 8.60 Å². The van der Waals surface area contributed by atoms with Crippen LogP contribution in [0.1, 0.15) is 149 Å². The maximum Gasteiger partial charge on any atom is 0.463 e. The van der Waals surface area contributed by atoms with Gasteiger partial charge in [0.15, 0.2) is 0 Å². The number of ether oxygens (including phenoxy) is 1. The molecule has 0 aromatic heterocycles. The summed E-state index contributed by atoms with van der Waals surface area (Å²) >= 11 is 0. The molecule has 2 aromatic carbocycles. The summed E-state index contributed by atoms with van der Waals surface area (Å²) in [4.78, 5) is 0. The summed E-state index contributed by atoms with van der Waals surface area (Å²) in [5.74, 6) is 1.50. The van der Waals surface area contributed by atoms with E-state index in [2.05, 4.69) is 13.8 Å². The van der Waals surface area contributed by atoms with Crippen LogP contribution in [-0.2, 0) is 9.26 Å². The predicted octanol–water partition coefficient (Wildman–Crippen LogP) is 13.0. The maximum atomic E-state index is 6.42. The Morgan fingerprint density at radius 3 is 1.33 bits per heavy atom. The highest BCUT2D eigenvalue weighted by molar-refractivity contribution is 7.42. The first-order valence-corrected chi connectivity index (χ1v) is 18.9. The van der Waals surface area contributed by atoms with Crippen molar-refractivity contribution in [2.24, 2.45) is 0 Å². The van der Waals surface area contributed by atoms with Gasteiger partial charge < -0.3 is 13.8 Å². The van der Waals surface area contributed by atoms with E-state index in [1.807, 2.05) is 60.7 Å². The lowest BCUT2D eigenvalue weighted by Crippen LogP contribution is -2.21. The van der Waals surface area contributed by atoms with E-state index in [1.54, 1.807) is 0 Å². The molecule has 0 N–H and O–H groups in total. The highest BCUT2D eigenvalue weighted by atomic mass is 31.2. The molecule has 0 bridgehead atoms. The Labute approximate surface area is 266 Å². The summed E-state index contributed by atoms with van der Waals surface area (Å²) < 4.78 is 25.0. The highest BCUT2D eigenvalue weighted by Gasteiger charge is 2.21. The standard InChI is InChI=1S/C38H63O4P/c1-3-5-7-9-11-13-14-16-18-20-28-34-39-38(33-23-19-17-15-12-10-8-6-4-2)35-40-43(41-36-29-24-21-25-30-36)42-37-31-26-22-27-32-37/h21-22,24-27,29-32,38H,3-20,23,28,33-35H2,1-2H3. The average Bonchev–Trinajstić information content (AvgIpc) is 3.03. The summed E-state index contributed by atoms with van der Waals surface area (Å²) in [7, 11) is -1.59. The smallest absolute Gasteiger partial charge is 0.418 e. The molecule has 0 fully saturated rings. The SMILES string of the molecule is CCCCCCCCCCCCCOC(CCCCCCCCCCC)COP(Oc1ccccc1)Oc1ccccc1. The molecule has 0 aliphatic rings. The largest absolute Gasteiger partial charge is 0.463 e. The highest BCUT2D eigenvalue weighted by Crippen LogP contribution is 2.41. The molecule has 0 aliphatic heterocycles. The number of rotatable bonds is 30. The molecular formula is C38H63O4P. The lowest BCUT2D eigenvalue weighted by atomic mass is 10.1. The zero-order valence-corrected chi connectivity index (χ0v) is 28.6. The van der Waals surface area contributed by atoms with Crippen LogP contribution in [0.15, 0.2) is 60.7 Å². The van der Waals surface area contributed by atoms with Crippen LogP contribution < -0.4 is 9.05 Å². The summed E-state index contributed by atoms with van der Waals surface area (Å²) in [6.07, 6.45) is 27.9. The average molecular weight is 615 g/mol. The van der Waals surface area contributed by atoms with E-state index in [9.17, 15) is 0 Å². The minimum absolute atomic E-state index is 0.0661. The van der Waals surface area contributed by atoms with Gasteiger partial charge >= 0.3 is 8.60 Å². The first-order chi connectivity index (χ1) is 21.3. The number of hydrogen-bond acceptors (Lipinski definition) is 4. The van der Waals surface area contributed by atoms with Gasteiger partial charge in [0.25, 0.3) is 0 Å². The fraction of sp³-hybridized carbons (Fsp3) is 0.684. The molecule has 1 atom stereocenters. The van der Waals surface area contributed by atoms with Crippen LogP contribution in [0, 0.1) is 0 Å². The van der Waals surface area contributed by atoms with Crippen LogP contribution in [-0.4, -0.2) is 19.3 Å². The summed E-state index contributed by atoms with van der Waals surface area (Å²) in [5.41, 5.74) is 0. The molecule has 0 spiro atoms. The fourth-order valence-electron chi connectivity index (χ4n) is 5.26. The Balaban J connectivity index is 1.75. The normalized spacial score (nSPS) is 12.1. The molecule has 0 saturated heterocycles. The summed E-state index contributed by atoms with van der Waals surface area (Å²) in [6, 6.07) is 19.6. The molecular weight excluding hydrogens is 551 g/mol. The number of benzene rings is 2. The van der Waals surface area contributed by atoms with Gasteiger partial charge in [0.2, 0.25) is 0 Å². The Morgan fingerprint density at radius 1 is 0.488 bits per heavy atom. The second-order valence-corrected chi connectivity index (χ2v) is 13.0. The van der Waals surface area contributed by atoms with Gasteiger partial charge in [0, 0.05) is 6.61 Å². The summed E-state index contributed by atoms with van der Waals surface area (Å²) in [6.45, 7) is 5.86. The molecule has 5 heteroatoms. The molecule has 2 aromatic rings. The molecule has 0 amide bonds. The topological polar surface area (TPSA) is 36.9 Å². The lowest BCUT2D eigenvalue weighted by molar-refractivity contribution is 0.00988. The molecule has 0 saturated carbocycles. The van der Waals surface area contributed by atoms with E-state index in [0.29, 0.717) is 6.61 Å². The van der Waals surface area contributed by atoms with Gasteiger partial charge in [-0.2, -0.15) is 0 Å². The van der Waals surface area contributed by atoms with Gasteiger partial charge in [-0.05, 0) is 37.1 Å². The van der Waals surface area contributed by atoms with Crippen LogP contribution in [0.2, 0.25) is 0 Å². The van der Waals surface area contributed by atoms with E-state index in [1.165, 1.54) is 122 Å². The lowest BCUT2D eigenvalue weighted by Gasteiger charge is -2.22. The second-order valence-electron chi connectivity index (χ2n) is 12.0. The van der Waals surface area contributed by atoms with E-state index in [4.69, 9.17) is 18.3 Å². The van der Waals surface area contributed by atoms with Gasteiger partial charge in [-0.15, -0.1) is 0 Å². The Hall–Kier alpha value is -1.61. The number of unbranched alkanes of at least 4 members (excludes halogenated alkanes) is 18. The van der Waals surface area contributed by atoms with E-state index >= 15 is 0 Å². The zero-order chi connectivity index (χ0) is 30.5. The zero-order valence-electron chi connectivity index (χ0n) is 27.7. The first-order valence-electron chi connectivity index (χ1n) is 17.8. The minimum atomic E-state index is -1.59. The van der Waals surface area contributed by atoms with Crippen molar-refractivity contribution in [3.8, 4) is 11.5 Å². The fourth-order valence-corrected chi connectivity index (χ4v) is 6.28. The Kier molecular flexibility index (Phi) is 24.4. The second kappa shape index (κ2) is 27.9. The molecule has 0 radical (unpaired) electrons. The molecule has 244 valence electrons. The van der Waals surface area contributed by atoms with Crippen molar-refractivity contribution in [2.75, 3.05) is 13.2 Å². The van der Waals surface area contributed by atoms with Crippen molar-refractivity contribution in [3.05, 3.63) is 60.7 Å². The number of hydrogen-bond donors (Lipinski definition) is 0. The first kappa shape index (κ1) is 37.6. The van der Waals surface area contributed by atoms with E-state index in [0.717, 1.165) is 30.9 Å². The number of para-hydroxylation sites is 2. The van der Waals surface area contributed by atoms with Crippen LogP contribution in [0.4, 0.5) is 0 Å². The monoisotopic (exact) mass is 614 g/mol. The molecule has 0 aliphatic carbocycles. The van der Waals surface area contributed by atoms with Crippen LogP contribution in [0.5, 0.6) is 11.5 Å². The molecule has 0 heterocycles. The van der Waals surface area contributed by atoms with E-state index in [-0.39, 0.29) is 6.10 Å². The predicted molar refractivity (Wildman–Crippen MR) is 185 cm³/mol. The van der Waals surface area contributed by atoms with Crippen molar-refractivity contribution in [1.29, 1.82) is 0 Å². The van der Waals surface area contributed by atoms with Crippen molar-refractivity contribution < 1.29 is 18.3 Å². The Morgan fingerprint density at radius 2 is 0.884 bits per heavy atom. The van der Waals surface area contributed by atoms with Crippen LogP contribution >= 0.6 is 8.60 Å². The quantitative estimate of drug-likeness (QED) is 0.0648. The molecule has 1 unspecified atom stereocenters. The van der Waals surface area contributed by atoms with Crippen LogP contribution in [0.25, 0.3) is 0 Å².